The molecule has 0 fully saturated rings. The Morgan fingerprint density at radius 2 is 2.05 bits per heavy atom. The first-order chi connectivity index (χ1) is 9.29. The number of pyridine rings is 1. The molecule has 0 unspecified atom stereocenters. The van der Waals surface area contributed by atoms with Crippen molar-refractivity contribution in [3.05, 3.63) is 46.3 Å². The Balaban J connectivity index is 2.38. The Kier molecular flexibility index (Phi) is 3.96. The normalized spacial score (nSPS) is 11.3. The highest BCUT2D eigenvalue weighted by Crippen LogP contribution is 2.26. The van der Waals surface area contributed by atoms with Crippen LogP contribution in [0, 0.1) is 12.7 Å². The Hall–Kier alpha value is -1.67. The molecule has 0 spiro atoms. The second-order valence-corrected chi connectivity index (χ2v) is 6.64. The van der Waals surface area contributed by atoms with Crippen LogP contribution in [0.25, 0.3) is 0 Å². The number of aromatic nitrogens is 1. The summed E-state index contributed by atoms with van der Waals surface area (Å²) in [6.45, 7) is 1.67. The molecule has 0 aliphatic rings. The minimum atomic E-state index is -3.83. The van der Waals surface area contributed by atoms with Crippen LogP contribution in [0.5, 0.6) is 0 Å². The number of halogens is 2. The van der Waals surface area contributed by atoms with Crippen molar-refractivity contribution < 1.29 is 12.8 Å². The lowest BCUT2D eigenvalue weighted by Crippen LogP contribution is -2.14. The minimum Gasteiger partial charge on any atom is -0.384 e. The van der Waals surface area contributed by atoms with E-state index in [9.17, 15) is 12.8 Å². The van der Waals surface area contributed by atoms with Gasteiger partial charge in [-0.3, -0.25) is 4.72 Å². The average molecular weight is 360 g/mol. The van der Waals surface area contributed by atoms with Crippen molar-refractivity contribution in [2.24, 2.45) is 0 Å². The van der Waals surface area contributed by atoms with Gasteiger partial charge in [0.2, 0.25) is 0 Å². The number of nitrogens with two attached hydrogens (primary N) is 1. The van der Waals surface area contributed by atoms with E-state index in [0.29, 0.717) is 5.56 Å². The van der Waals surface area contributed by atoms with Gasteiger partial charge < -0.3 is 5.73 Å². The van der Waals surface area contributed by atoms with Crippen LogP contribution in [0.2, 0.25) is 0 Å². The van der Waals surface area contributed by atoms with Crippen LogP contribution in [0.3, 0.4) is 0 Å². The van der Waals surface area contributed by atoms with Crippen LogP contribution in [0.4, 0.5) is 15.9 Å². The number of nitrogens with zero attached hydrogens (tertiary/aromatic N) is 1. The van der Waals surface area contributed by atoms with Gasteiger partial charge in [-0.2, -0.15) is 0 Å². The fourth-order valence-electron chi connectivity index (χ4n) is 1.51. The van der Waals surface area contributed by atoms with Crippen LogP contribution in [0.1, 0.15) is 5.56 Å². The molecule has 5 nitrogen and oxygen atoms in total. The standard InChI is InChI=1S/C12H11BrFN3O2S/c1-7-4-9(13)10(14)5-11(7)17-20(18,19)8-2-3-12(15)16-6-8/h2-6,17H,1H3,(H2,15,16). The molecule has 2 rings (SSSR count). The maximum atomic E-state index is 13.5. The molecule has 0 saturated heterocycles. The topological polar surface area (TPSA) is 85.1 Å². The molecule has 0 radical (unpaired) electrons. The molecule has 0 bridgehead atoms. The summed E-state index contributed by atoms with van der Waals surface area (Å²) in [5.41, 5.74) is 6.16. The summed E-state index contributed by atoms with van der Waals surface area (Å²) in [6, 6.07) is 5.31. The quantitative estimate of drug-likeness (QED) is 0.881. The van der Waals surface area contributed by atoms with E-state index in [1.54, 1.807) is 6.92 Å². The molecular weight excluding hydrogens is 349 g/mol. The zero-order chi connectivity index (χ0) is 14.9. The van der Waals surface area contributed by atoms with E-state index in [4.69, 9.17) is 5.73 Å². The Morgan fingerprint density at radius 1 is 1.35 bits per heavy atom. The largest absolute Gasteiger partial charge is 0.384 e. The van der Waals surface area contributed by atoms with Gasteiger partial charge in [0.15, 0.2) is 0 Å². The van der Waals surface area contributed by atoms with E-state index < -0.39 is 15.8 Å². The van der Waals surface area contributed by atoms with Gasteiger partial charge in [0.1, 0.15) is 16.5 Å². The lowest BCUT2D eigenvalue weighted by molar-refractivity contribution is 0.600. The van der Waals surface area contributed by atoms with Crippen LogP contribution in [-0.4, -0.2) is 13.4 Å². The van der Waals surface area contributed by atoms with E-state index in [0.717, 1.165) is 12.3 Å². The molecule has 1 aromatic carbocycles. The second kappa shape index (κ2) is 5.37. The van der Waals surface area contributed by atoms with Gasteiger partial charge in [-0.1, -0.05) is 0 Å². The highest BCUT2D eigenvalue weighted by atomic mass is 79.9. The van der Waals surface area contributed by atoms with Crippen molar-refractivity contribution in [3.63, 3.8) is 0 Å². The third kappa shape index (κ3) is 3.07. The number of sulfonamides is 1. The van der Waals surface area contributed by atoms with E-state index in [2.05, 4.69) is 25.6 Å². The maximum Gasteiger partial charge on any atom is 0.263 e. The first kappa shape index (κ1) is 14.7. The van der Waals surface area contributed by atoms with Gasteiger partial charge in [-0.25, -0.2) is 17.8 Å². The van der Waals surface area contributed by atoms with E-state index >= 15 is 0 Å². The van der Waals surface area contributed by atoms with Gasteiger partial charge in [0.25, 0.3) is 10.0 Å². The molecule has 8 heteroatoms. The molecule has 1 heterocycles. The number of hydrogen-bond donors (Lipinski definition) is 2. The Morgan fingerprint density at radius 3 is 2.65 bits per heavy atom. The fourth-order valence-corrected chi connectivity index (χ4v) is 3.03. The maximum absolute atomic E-state index is 13.5. The summed E-state index contributed by atoms with van der Waals surface area (Å²) in [4.78, 5) is 3.67. The van der Waals surface area contributed by atoms with Gasteiger partial charge in [0, 0.05) is 6.20 Å². The smallest absolute Gasteiger partial charge is 0.263 e. The van der Waals surface area contributed by atoms with Crippen LogP contribution in [-0.2, 0) is 10.0 Å². The van der Waals surface area contributed by atoms with Crippen molar-refractivity contribution in [1.29, 1.82) is 0 Å². The highest BCUT2D eigenvalue weighted by Gasteiger charge is 2.16. The molecule has 0 aliphatic carbocycles. The van der Waals surface area contributed by atoms with Crippen LogP contribution >= 0.6 is 15.9 Å². The van der Waals surface area contributed by atoms with Crippen molar-refractivity contribution in [1.82, 2.24) is 4.98 Å². The number of benzene rings is 1. The summed E-state index contributed by atoms with van der Waals surface area (Å²) in [5.74, 6) is -0.335. The first-order valence-corrected chi connectivity index (χ1v) is 7.77. The second-order valence-electron chi connectivity index (χ2n) is 4.11. The minimum absolute atomic E-state index is 0.0468. The van der Waals surface area contributed by atoms with Gasteiger partial charge in [0.05, 0.1) is 10.2 Å². The first-order valence-electron chi connectivity index (χ1n) is 5.49. The summed E-state index contributed by atoms with van der Waals surface area (Å²) in [6.07, 6.45) is 1.14. The van der Waals surface area contributed by atoms with Crippen molar-refractivity contribution in [2.75, 3.05) is 10.5 Å². The monoisotopic (exact) mass is 359 g/mol. The molecule has 3 N–H and O–H groups in total. The van der Waals surface area contributed by atoms with E-state index in [1.165, 1.54) is 18.2 Å². The third-order valence-corrected chi connectivity index (χ3v) is 4.54. The number of nitrogens with one attached hydrogen (secondary N) is 1. The predicted octanol–water partition coefficient (Wildman–Crippen LogP) is 2.67. The van der Waals surface area contributed by atoms with Crippen LogP contribution < -0.4 is 10.5 Å². The molecule has 0 saturated carbocycles. The van der Waals surface area contributed by atoms with Gasteiger partial charge in [-0.05, 0) is 52.7 Å². The number of hydrogen-bond acceptors (Lipinski definition) is 4. The van der Waals surface area contributed by atoms with Crippen molar-refractivity contribution in [3.8, 4) is 0 Å². The van der Waals surface area contributed by atoms with E-state index in [-0.39, 0.29) is 20.9 Å². The molecule has 0 amide bonds. The lowest BCUT2D eigenvalue weighted by atomic mass is 10.2. The number of nitrogen functional groups attached to an aromatic ring is 1. The number of anilines is 2. The molecule has 106 valence electrons. The van der Waals surface area contributed by atoms with Crippen molar-refractivity contribution >= 4 is 37.5 Å². The molecular formula is C12H11BrFN3O2S. The SMILES string of the molecule is Cc1cc(Br)c(F)cc1NS(=O)(=O)c1ccc(N)nc1. The summed E-state index contributed by atoms with van der Waals surface area (Å²) in [7, 11) is -3.83. The molecule has 20 heavy (non-hydrogen) atoms. The zero-order valence-corrected chi connectivity index (χ0v) is 12.8. The van der Waals surface area contributed by atoms with Crippen molar-refractivity contribution in [2.45, 2.75) is 11.8 Å². The Bertz CT molecular complexity index is 748. The predicted molar refractivity (Wildman–Crippen MR) is 78.3 cm³/mol. The molecule has 1 aromatic heterocycles. The average Bonchev–Trinajstić information content (AvgIpc) is 2.36. The van der Waals surface area contributed by atoms with Gasteiger partial charge in [-0.15, -0.1) is 0 Å². The molecule has 0 atom stereocenters. The summed E-state index contributed by atoms with van der Waals surface area (Å²) < 4.78 is 40.3. The molecule has 0 aliphatic heterocycles. The third-order valence-electron chi connectivity index (χ3n) is 2.58. The molecule has 2 aromatic rings. The van der Waals surface area contributed by atoms with Gasteiger partial charge >= 0.3 is 0 Å². The fraction of sp³-hybridized carbons (Fsp3) is 0.0833. The summed E-state index contributed by atoms with van der Waals surface area (Å²) >= 11 is 3.04. The number of rotatable bonds is 3. The summed E-state index contributed by atoms with van der Waals surface area (Å²) in [5, 5.41) is 0. The highest BCUT2D eigenvalue weighted by molar-refractivity contribution is 9.10. The van der Waals surface area contributed by atoms with Crippen LogP contribution in [0.15, 0.2) is 39.8 Å². The Labute approximate surface area is 124 Å². The lowest BCUT2D eigenvalue weighted by Gasteiger charge is -2.11. The van der Waals surface area contributed by atoms with E-state index in [1.807, 2.05) is 0 Å². The number of aryl methyl sites for hydroxylation is 1. The zero-order valence-electron chi connectivity index (χ0n) is 10.4.